The molecule has 0 bridgehead atoms. The molecular formula is C12H20F3NO2. The lowest BCUT2D eigenvalue weighted by Crippen LogP contribution is -2.46. The SMILES string of the molecule is CC(C)(O)CNC(=O)C1CCCCC1C(F)(F)F. The summed E-state index contributed by atoms with van der Waals surface area (Å²) in [5.74, 6) is -3.16. The summed E-state index contributed by atoms with van der Waals surface area (Å²) < 4.78 is 38.4. The van der Waals surface area contributed by atoms with Gasteiger partial charge < -0.3 is 10.4 Å². The number of rotatable bonds is 3. The number of hydrogen-bond acceptors (Lipinski definition) is 2. The molecular weight excluding hydrogens is 247 g/mol. The molecule has 1 aliphatic carbocycles. The van der Waals surface area contributed by atoms with E-state index in [1.54, 1.807) is 0 Å². The Labute approximate surface area is 105 Å². The molecule has 6 heteroatoms. The molecule has 18 heavy (non-hydrogen) atoms. The van der Waals surface area contributed by atoms with Gasteiger partial charge in [0.1, 0.15) is 0 Å². The summed E-state index contributed by atoms with van der Waals surface area (Å²) in [6.45, 7) is 2.96. The number of alkyl halides is 3. The first kappa shape index (κ1) is 15.3. The van der Waals surface area contributed by atoms with Crippen molar-refractivity contribution in [2.24, 2.45) is 11.8 Å². The molecule has 0 aromatic carbocycles. The van der Waals surface area contributed by atoms with Gasteiger partial charge in [0.15, 0.2) is 0 Å². The Hall–Kier alpha value is -0.780. The van der Waals surface area contributed by atoms with Crippen LogP contribution in [0.3, 0.4) is 0 Å². The van der Waals surface area contributed by atoms with E-state index in [1.165, 1.54) is 13.8 Å². The summed E-state index contributed by atoms with van der Waals surface area (Å²) in [5, 5.41) is 11.9. The predicted octanol–water partition coefficient (Wildman–Crippen LogP) is 2.24. The average molecular weight is 267 g/mol. The van der Waals surface area contributed by atoms with E-state index in [0.29, 0.717) is 12.8 Å². The molecule has 0 heterocycles. The molecule has 1 amide bonds. The van der Waals surface area contributed by atoms with E-state index >= 15 is 0 Å². The van der Waals surface area contributed by atoms with Crippen LogP contribution in [0.5, 0.6) is 0 Å². The summed E-state index contributed by atoms with van der Waals surface area (Å²) in [5.41, 5.74) is -1.11. The van der Waals surface area contributed by atoms with Gasteiger partial charge >= 0.3 is 6.18 Å². The monoisotopic (exact) mass is 267 g/mol. The highest BCUT2D eigenvalue weighted by Crippen LogP contribution is 2.41. The average Bonchev–Trinajstić information content (AvgIpc) is 2.24. The number of hydrogen-bond donors (Lipinski definition) is 2. The second kappa shape index (κ2) is 5.47. The lowest BCUT2D eigenvalue weighted by molar-refractivity contribution is -0.198. The molecule has 1 fully saturated rings. The molecule has 2 atom stereocenters. The Morgan fingerprint density at radius 3 is 2.33 bits per heavy atom. The largest absolute Gasteiger partial charge is 0.392 e. The molecule has 2 unspecified atom stereocenters. The number of nitrogens with one attached hydrogen (secondary N) is 1. The minimum absolute atomic E-state index is 0.0180. The molecule has 0 saturated heterocycles. The molecule has 2 N–H and O–H groups in total. The zero-order valence-corrected chi connectivity index (χ0v) is 10.7. The zero-order valence-electron chi connectivity index (χ0n) is 10.7. The Morgan fingerprint density at radius 1 is 1.28 bits per heavy atom. The van der Waals surface area contributed by atoms with Gasteiger partial charge in [0.25, 0.3) is 0 Å². The highest BCUT2D eigenvalue weighted by atomic mass is 19.4. The minimum atomic E-state index is -4.32. The highest BCUT2D eigenvalue weighted by Gasteiger charge is 2.48. The van der Waals surface area contributed by atoms with Crippen molar-refractivity contribution >= 4 is 5.91 Å². The Kier molecular flexibility index (Phi) is 4.64. The lowest BCUT2D eigenvalue weighted by atomic mass is 9.78. The van der Waals surface area contributed by atoms with Gasteiger partial charge in [-0.1, -0.05) is 12.8 Å². The van der Waals surface area contributed by atoms with Crippen LogP contribution in [0, 0.1) is 11.8 Å². The van der Waals surface area contributed by atoms with Gasteiger partial charge in [-0.3, -0.25) is 4.79 Å². The number of carbonyl (C=O) groups is 1. The molecule has 0 aromatic heterocycles. The maximum Gasteiger partial charge on any atom is 0.392 e. The normalized spacial score (nSPS) is 25.9. The van der Waals surface area contributed by atoms with E-state index in [1.807, 2.05) is 0 Å². The summed E-state index contributed by atoms with van der Waals surface area (Å²) in [7, 11) is 0. The molecule has 0 radical (unpaired) electrons. The topological polar surface area (TPSA) is 49.3 Å². The van der Waals surface area contributed by atoms with Gasteiger partial charge in [0.05, 0.1) is 11.5 Å². The van der Waals surface area contributed by atoms with Crippen molar-refractivity contribution in [1.29, 1.82) is 0 Å². The Bertz CT molecular complexity index is 297. The minimum Gasteiger partial charge on any atom is -0.389 e. The summed E-state index contributed by atoms with van der Waals surface area (Å²) in [6, 6.07) is 0. The number of aliphatic hydroxyl groups is 1. The van der Waals surface area contributed by atoms with Gasteiger partial charge in [-0.2, -0.15) is 13.2 Å². The Morgan fingerprint density at radius 2 is 1.83 bits per heavy atom. The van der Waals surface area contributed by atoms with E-state index in [-0.39, 0.29) is 19.4 Å². The van der Waals surface area contributed by atoms with E-state index in [9.17, 15) is 23.1 Å². The van der Waals surface area contributed by atoms with Crippen molar-refractivity contribution < 1.29 is 23.1 Å². The van der Waals surface area contributed by atoms with Gasteiger partial charge in [-0.25, -0.2) is 0 Å². The van der Waals surface area contributed by atoms with Crippen molar-refractivity contribution in [3.8, 4) is 0 Å². The van der Waals surface area contributed by atoms with Gasteiger partial charge in [0, 0.05) is 12.5 Å². The maximum absolute atomic E-state index is 12.8. The summed E-state index contributed by atoms with van der Waals surface area (Å²) in [4.78, 5) is 11.8. The van der Waals surface area contributed by atoms with Crippen LogP contribution in [-0.4, -0.2) is 29.3 Å². The summed E-state index contributed by atoms with van der Waals surface area (Å²) in [6.07, 6.45) is -2.88. The molecule has 3 nitrogen and oxygen atoms in total. The van der Waals surface area contributed by atoms with E-state index < -0.39 is 29.5 Å². The smallest absolute Gasteiger partial charge is 0.389 e. The first-order valence-electron chi connectivity index (χ1n) is 6.18. The van der Waals surface area contributed by atoms with Gasteiger partial charge in [-0.05, 0) is 26.7 Å². The second-order valence-electron chi connectivity index (χ2n) is 5.57. The third-order valence-electron chi connectivity index (χ3n) is 3.22. The van der Waals surface area contributed by atoms with E-state index in [4.69, 9.17) is 0 Å². The summed E-state index contributed by atoms with van der Waals surface area (Å²) >= 11 is 0. The van der Waals surface area contributed by atoms with Crippen molar-refractivity contribution in [3.05, 3.63) is 0 Å². The number of carbonyl (C=O) groups excluding carboxylic acids is 1. The Balaban J connectivity index is 2.64. The standard InChI is InChI=1S/C12H20F3NO2/c1-11(2,18)7-16-10(17)8-5-3-4-6-9(8)12(13,14)15/h8-9,18H,3-7H2,1-2H3,(H,16,17). The maximum atomic E-state index is 12.8. The molecule has 1 rings (SSSR count). The molecule has 1 aliphatic rings. The lowest BCUT2D eigenvalue weighted by Gasteiger charge is -2.32. The van der Waals surface area contributed by atoms with Crippen LogP contribution >= 0.6 is 0 Å². The molecule has 0 aliphatic heterocycles. The second-order valence-corrected chi connectivity index (χ2v) is 5.57. The van der Waals surface area contributed by atoms with Crippen molar-refractivity contribution in [1.82, 2.24) is 5.32 Å². The number of halogens is 3. The van der Waals surface area contributed by atoms with Crippen molar-refractivity contribution in [3.63, 3.8) is 0 Å². The number of amides is 1. The zero-order chi connectivity index (χ0) is 14.0. The van der Waals surface area contributed by atoms with Crippen LogP contribution in [0.4, 0.5) is 13.2 Å². The van der Waals surface area contributed by atoms with E-state index in [2.05, 4.69) is 5.32 Å². The molecule has 0 aromatic rings. The van der Waals surface area contributed by atoms with Crippen LogP contribution in [-0.2, 0) is 4.79 Å². The third-order valence-corrected chi connectivity index (χ3v) is 3.22. The van der Waals surface area contributed by atoms with Crippen LogP contribution in [0.2, 0.25) is 0 Å². The first-order chi connectivity index (χ1) is 8.11. The van der Waals surface area contributed by atoms with Gasteiger partial charge in [-0.15, -0.1) is 0 Å². The third kappa shape index (κ3) is 4.48. The van der Waals surface area contributed by atoms with Crippen LogP contribution < -0.4 is 5.32 Å². The van der Waals surface area contributed by atoms with Crippen molar-refractivity contribution in [2.45, 2.75) is 51.3 Å². The first-order valence-corrected chi connectivity index (χ1v) is 6.18. The molecule has 1 saturated carbocycles. The van der Waals surface area contributed by atoms with Crippen LogP contribution in [0.1, 0.15) is 39.5 Å². The highest BCUT2D eigenvalue weighted by molar-refractivity contribution is 5.79. The molecule has 106 valence electrons. The molecule has 0 spiro atoms. The fraction of sp³-hybridized carbons (Fsp3) is 0.917. The van der Waals surface area contributed by atoms with Crippen LogP contribution in [0.25, 0.3) is 0 Å². The van der Waals surface area contributed by atoms with Gasteiger partial charge in [0.2, 0.25) is 5.91 Å². The fourth-order valence-corrected chi connectivity index (χ4v) is 2.27. The van der Waals surface area contributed by atoms with Crippen LogP contribution in [0.15, 0.2) is 0 Å². The predicted molar refractivity (Wildman–Crippen MR) is 60.8 cm³/mol. The van der Waals surface area contributed by atoms with E-state index in [0.717, 1.165) is 0 Å². The quantitative estimate of drug-likeness (QED) is 0.824. The van der Waals surface area contributed by atoms with Crippen molar-refractivity contribution in [2.75, 3.05) is 6.54 Å². The fourth-order valence-electron chi connectivity index (χ4n) is 2.27.